The standard InChI is InChI=1S/C20H19NO4S2/c1-3-25-20(26)27-17(12-13-8-10-14(24-2)11-9-13)21-18(22)15-6-4-5-7-16(15)19(21)23/h4-11,17H,3,12H2,1-2H3. The van der Waals surface area contributed by atoms with Crippen LogP contribution in [0, 0.1) is 0 Å². The number of carbonyl (C=O) groups is 2. The van der Waals surface area contributed by atoms with Gasteiger partial charge in [-0.3, -0.25) is 14.5 Å². The van der Waals surface area contributed by atoms with Gasteiger partial charge in [-0.25, -0.2) is 0 Å². The number of rotatable bonds is 6. The van der Waals surface area contributed by atoms with Gasteiger partial charge in [0, 0.05) is 6.42 Å². The van der Waals surface area contributed by atoms with E-state index in [4.69, 9.17) is 21.7 Å². The first kappa shape index (κ1) is 19.4. The largest absolute Gasteiger partial charge is 0.497 e. The van der Waals surface area contributed by atoms with E-state index in [2.05, 4.69) is 0 Å². The van der Waals surface area contributed by atoms with Gasteiger partial charge < -0.3 is 9.47 Å². The summed E-state index contributed by atoms with van der Waals surface area (Å²) in [6.07, 6.45) is 0.452. The number of carbonyl (C=O) groups excluding carboxylic acids is 2. The maximum atomic E-state index is 12.9. The molecule has 27 heavy (non-hydrogen) atoms. The van der Waals surface area contributed by atoms with Crippen LogP contribution in [0.2, 0.25) is 0 Å². The third-order valence-electron chi connectivity index (χ3n) is 4.18. The number of amides is 2. The van der Waals surface area contributed by atoms with Crippen LogP contribution in [0.25, 0.3) is 0 Å². The zero-order valence-corrected chi connectivity index (χ0v) is 16.6. The Kier molecular flexibility index (Phi) is 6.13. The van der Waals surface area contributed by atoms with Crippen LogP contribution >= 0.6 is 24.0 Å². The lowest BCUT2D eigenvalue weighted by Gasteiger charge is -2.25. The Morgan fingerprint density at radius 3 is 2.19 bits per heavy atom. The fourth-order valence-electron chi connectivity index (χ4n) is 2.88. The average Bonchev–Trinajstić information content (AvgIpc) is 2.93. The normalized spacial score (nSPS) is 14.1. The van der Waals surface area contributed by atoms with Crippen molar-refractivity contribution < 1.29 is 19.1 Å². The smallest absolute Gasteiger partial charge is 0.262 e. The van der Waals surface area contributed by atoms with Gasteiger partial charge in [-0.05, 0) is 49.0 Å². The SMILES string of the molecule is CCOC(=S)SC(Cc1ccc(OC)cc1)N1C(=O)c2ccccc2C1=O. The summed E-state index contributed by atoms with van der Waals surface area (Å²) in [5.74, 6) is 0.135. The molecule has 1 aliphatic rings. The van der Waals surface area contributed by atoms with Gasteiger partial charge in [-0.1, -0.05) is 36.0 Å². The fourth-order valence-corrected chi connectivity index (χ4v) is 4.31. The van der Waals surface area contributed by atoms with Crippen molar-refractivity contribution in [2.24, 2.45) is 0 Å². The molecule has 0 saturated carbocycles. The van der Waals surface area contributed by atoms with Crippen LogP contribution in [0.3, 0.4) is 0 Å². The van der Waals surface area contributed by atoms with Gasteiger partial charge in [0.25, 0.3) is 11.8 Å². The molecule has 140 valence electrons. The van der Waals surface area contributed by atoms with E-state index in [1.807, 2.05) is 31.2 Å². The summed E-state index contributed by atoms with van der Waals surface area (Å²) in [5.41, 5.74) is 1.81. The molecule has 1 atom stereocenters. The van der Waals surface area contributed by atoms with E-state index < -0.39 is 5.37 Å². The number of fused-ring (bicyclic) bond motifs is 1. The highest BCUT2D eigenvalue weighted by Gasteiger charge is 2.40. The maximum absolute atomic E-state index is 12.9. The van der Waals surface area contributed by atoms with E-state index in [1.54, 1.807) is 31.4 Å². The minimum atomic E-state index is -0.496. The molecule has 0 radical (unpaired) electrons. The molecule has 0 spiro atoms. The Hall–Kier alpha value is -2.38. The van der Waals surface area contributed by atoms with E-state index in [0.29, 0.717) is 28.5 Å². The Balaban J connectivity index is 1.88. The topological polar surface area (TPSA) is 55.8 Å². The quantitative estimate of drug-likeness (QED) is 0.540. The lowest BCUT2D eigenvalue weighted by atomic mass is 10.1. The highest BCUT2D eigenvalue weighted by Crippen LogP contribution is 2.31. The van der Waals surface area contributed by atoms with Crippen molar-refractivity contribution in [3.63, 3.8) is 0 Å². The molecular weight excluding hydrogens is 382 g/mol. The molecule has 0 aromatic heterocycles. The number of hydrogen-bond donors (Lipinski definition) is 0. The Morgan fingerprint density at radius 1 is 1.07 bits per heavy atom. The molecule has 7 heteroatoms. The summed E-state index contributed by atoms with van der Waals surface area (Å²) in [6, 6.07) is 14.4. The monoisotopic (exact) mass is 401 g/mol. The van der Waals surface area contributed by atoms with Crippen molar-refractivity contribution in [1.29, 1.82) is 0 Å². The highest BCUT2D eigenvalue weighted by atomic mass is 32.2. The Labute approximate surface area is 167 Å². The number of methoxy groups -OCH3 is 1. The second-order valence-electron chi connectivity index (χ2n) is 5.83. The molecule has 1 unspecified atom stereocenters. The second kappa shape index (κ2) is 8.54. The van der Waals surface area contributed by atoms with Crippen molar-refractivity contribution in [2.45, 2.75) is 18.7 Å². The molecule has 1 aliphatic heterocycles. The molecule has 0 saturated heterocycles. The first-order valence-electron chi connectivity index (χ1n) is 8.48. The lowest BCUT2D eigenvalue weighted by molar-refractivity contribution is 0.0638. The molecule has 3 rings (SSSR count). The third-order valence-corrected chi connectivity index (χ3v) is 5.54. The first-order chi connectivity index (χ1) is 13.0. The molecule has 5 nitrogen and oxygen atoms in total. The van der Waals surface area contributed by atoms with Crippen molar-refractivity contribution in [1.82, 2.24) is 4.90 Å². The van der Waals surface area contributed by atoms with Crippen molar-refractivity contribution in [3.8, 4) is 5.75 Å². The van der Waals surface area contributed by atoms with Gasteiger partial charge in [-0.15, -0.1) is 0 Å². The summed E-state index contributed by atoms with van der Waals surface area (Å²) in [4.78, 5) is 27.0. The van der Waals surface area contributed by atoms with Crippen molar-refractivity contribution in [2.75, 3.05) is 13.7 Å². The van der Waals surface area contributed by atoms with Crippen LogP contribution in [0.5, 0.6) is 5.75 Å². The second-order valence-corrected chi connectivity index (χ2v) is 7.61. The van der Waals surface area contributed by atoms with Gasteiger partial charge in [0.1, 0.15) is 5.75 Å². The van der Waals surface area contributed by atoms with E-state index in [0.717, 1.165) is 11.3 Å². The number of hydrogen-bond acceptors (Lipinski definition) is 6. The molecule has 0 bridgehead atoms. The molecule has 0 aliphatic carbocycles. The Bertz CT molecular complexity index is 832. The van der Waals surface area contributed by atoms with Crippen LogP contribution in [0.15, 0.2) is 48.5 Å². The van der Waals surface area contributed by atoms with Crippen LogP contribution in [0.1, 0.15) is 33.2 Å². The number of benzene rings is 2. The molecule has 0 fully saturated rings. The van der Waals surface area contributed by atoms with Crippen LogP contribution in [-0.2, 0) is 11.2 Å². The number of nitrogens with zero attached hydrogens (tertiary/aromatic N) is 1. The van der Waals surface area contributed by atoms with E-state index in [9.17, 15) is 9.59 Å². The van der Waals surface area contributed by atoms with Crippen molar-refractivity contribution in [3.05, 3.63) is 65.2 Å². The van der Waals surface area contributed by atoms with E-state index >= 15 is 0 Å². The van der Waals surface area contributed by atoms with E-state index in [1.165, 1.54) is 16.7 Å². The van der Waals surface area contributed by atoms with Crippen molar-refractivity contribution >= 4 is 40.2 Å². The summed E-state index contributed by atoms with van der Waals surface area (Å²) in [6.45, 7) is 2.27. The predicted octanol–water partition coefficient (Wildman–Crippen LogP) is 3.91. The highest BCUT2D eigenvalue weighted by molar-refractivity contribution is 8.23. The molecule has 2 aromatic carbocycles. The van der Waals surface area contributed by atoms with Crippen LogP contribution in [0.4, 0.5) is 0 Å². The summed E-state index contributed by atoms with van der Waals surface area (Å²) in [7, 11) is 1.60. The van der Waals surface area contributed by atoms with E-state index in [-0.39, 0.29) is 11.8 Å². The minimum absolute atomic E-state index is 0.305. The predicted molar refractivity (Wildman–Crippen MR) is 109 cm³/mol. The minimum Gasteiger partial charge on any atom is -0.497 e. The van der Waals surface area contributed by atoms with Gasteiger partial charge in [0.15, 0.2) is 0 Å². The lowest BCUT2D eigenvalue weighted by Crippen LogP contribution is -2.40. The third kappa shape index (κ3) is 4.14. The fraction of sp³-hybridized carbons (Fsp3) is 0.250. The number of thiocarbonyl (C=S) groups is 1. The molecule has 2 aromatic rings. The summed E-state index contributed by atoms with van der Waals surface area (Å²) < 4.78 is 10.9. The van der Waals surface area contributed by atoms with Gasteiger partial charge in [0.05, 0.1) is 30.2 Å². The molecular formula is C20H19NO4S2. The Morgan fingerprint density at radius 2 is 1.67 bits per heavy atom. The van der Waals surface area contributed by atoms with Gasteiger partial charge >= 0.3 is 0 Å². The number of ether oxygens (including phenoxy) is 2. The number of thioether (sulfide) groups is 1. The molecule has 2 amide bonds. The molecule has 0 N–H and O–H groups in total. The van der Waals surface area contributed by atoms with Crippen LogP contribution in [-0.4, -0.2) is 40.2 Å². The maximum Gasteiger partial charge on any atom is 0.262 e. The molecule has 1 heterocycles. The zero-order valence-electron chi connectivity index (χ0n) is 15.0. The zero-order chi connectivity index (χ0) is 19.4. The number of imide groups is 1. The summed E-state index contributed by atoms with van der Waals surface area (Å²) in [5, 5.41) is -0.496. The van der Waals surface area contributed by atoms with Gasteiger partial charge in [0.2, 0.25) is 4.38 Å². The average molecular weight is 402 g/mol. The summed E-state index contributed by atoms with van der Waals surface area (Å²) >= 11 is 6.47. The first-order valence-corrected chi connectivity index (χ1v) is 9.77. The van der Waals surface area contributed by atoms with Gasteiger partial charge in [-0.2, -0.15) is 0 Å². The van der Waals surface area contributed by atoms with Crippen LogP contribution < -0.4 is 4.74 Å².